The fraction of sp³-hybridized carbons (Fsp3) is 0. The van der Waals surface area contributed by atoms with Crippen molar-refractivity contribution in [1.82, 2.24) is 4.24 Å². The number of rotatable bonds is 1. The van der Waals surface area contributed by atoms with Crippen LogP contribution in [0.1, 0.15) is 0 Å². The second kappa shape index (κ2) is 2.44. The molecule has 0 fully saturated rings. The Kier molecular flexibility index (Phi) is 2.54. The number of thiol groups is 1. The normalized spacial score (nSPS) is 9.20. The Balaban J connectivity index is 3.23. The van der Waals surface area contributed by atoms with Gasteiger partial charge >= 0.3 is 0 Å². The first-order valence-electron chi connectivity index (χ1n) is 0.778. The molecule has 0 aliphatic carbocycles. The van der Waals surface area contributed by atoms with E-state index in [1.165, 1.54) is 4.24 Å². The number of hydrogen-bond donors (Lipinski definition) is 2. The van der Waals surface area contributed by atoms with Crippen LogP contribution in [0.2, 0.25) is 0 Å². The van der Waals surface area contributed by atoms with Crippen molar-refractivity contribution >= 4 is 22.7 Å². The lowest BCUT2D eigenvalue weighted by atomic mass is 13.9. The summed E-state index contributed by atoms with van der Waals surface area (Å²) in [7, 11) is -2.58. The SMILES string of the molecule is O=[SH](=O)NCl. The van der Waals surface area contributed by atoms with Crippen molar-refractivity contribution < 1.29 is 8.42 Å². The average molecular weight is 116 g/mol. The summed E-state index contributed by atoms with van der Waals surface area (Å²) in [4.78, 5) is 0. The van der Waals surface area contributed by atoms with E-state index in [4.69, 9.17) is 8.42 Å². The Morgan fingerprint density at radius 1 is 1.60 bits per heavy atom. The monoisotopic (exact) mass is 115 g/mol. The van der Waals surface area contributed by atoms with E-state index in [2.05, 4.69) is 11.8 Å². The third-order valence-corrected chi connectivity index (χ3v) is 0.621. The van der Waals surface area contributed by atoms with E-state index in [0.29, 0.717) is 0 Å². The van der Waals surface area contributed by atoms with Crippen LogP contribution in [0.3, 0.4) is 0 Å². The Bertz CT molecular complexity index is 67.7. The van der Waals surface area contributed by atoms with Gasteiger partial charge in [0.25, 0.3) is 0 Å². The highest BCUT2D eigenvalue weighted by Gasteiger charge is 1.63. The molecule has 3 nitrogen and oxygen atoms in total. The fourth-order valence-electron chi connectivity index (χ4n) is 0. The molecule has 0 aliphatic heterocycles. The van der Waals surface area contributed by atoms with Gasteiger partial charge in [-0.15, -0.1) is 4.24 Å². The molecule has 0 radical (unpaired) electrons. The molecule has 32 valence electrons. The molecule has 0 amide bonds. The Labute approximate surface area is 36.1 Å². The summed E-state index contributed by atoms with van der Waals surface area (Å²) in [5.74, 6) is 0. The summed E-state index contributed by atoms with van der Waals surface area (Å²) >= 11 is 4.49. The molecule has 0 bridgehead atoms. The second-order valence-electron chi connectivity index (χ2n) is 0.342. The van der Waals surface area contributed by atoms with Crippen LogP contribution in [0.5, 0.6) is 0 Å². The summed E-state index contributed by atoms with van der Waals surface area (Å²) < 4.78 is 19.8. The summed E-state index contributed by atoms with van der Waals surface area (Å²) in [5, 5.41) is 0. The van der Waals surface area contributed by atoms with Crippen molar-refractivity contribution in [3.8, 4) is 0 Å². The molecule has 0 heterocycles. The third kappa shape index (κ3) is 4.20. The highest BCUT2D eigenvalue weighted by molar-refractivity contribution is 7.71. The number of halogens is 1. The first-order valence-corrected chi connectivity index (χ1v) is 2.33. The quantitative estimate of drug-likeness (QED) is 0.349. The van der Waals surface area contributed by atoms with Gasteiger partial charge in [-0.2, -0.15) is 0 Å². The topological polar surface area (TPSA) is 46.2 Å². The van der Waals surface area contributed by atoms with Gasteiger partial charge in [0, 0.05) is 0 Å². The molecular weight excluding hydrogens is 114 g/mol. The van der Waals surface area contributed by atoms with E-state index in [1.54, 1.807) is 0 Å². The second-order valence-corrected chi connectivity index (χ2v) is 1.53. The highest BCUT2D eigenvalue weighted by atomic mass is 35.5. The van der Waals surface area contributed by atoms with Gasteiger partial charge in [-0.1, -0.05) is 0 Å². The van der Waals surface area contributed by atoms with Gasteiger partial charge in [0.1, 0.15) is 0 Å². The molecular formula is H2ClNO2S. The van der Waals surface area contributed by atoms with Gasteiger partial charge < -0.3 is 0 Å². The standard InChI is InChI=1S/ClH2NO2S/c1-2-5(3)4/h5H,(H,2,3,4). The van der Waals surface area contributed by atoms with E-state index < -0.39 is 10.9 Å². The number of nitrogens with one attached hydrogen (secondary N) is 1. The summed E-state index contributed by atoms with van der Waals surface area (Å²) in [5.41, 5.74) is 0. The highest BCUT2D eigenvalue weighted by Crippen LogP contribution is 1.52. The molecule has 0 unspecified atom stereocenters. The van der Waals surface area contributed by atoms with Crippen molar-refractivity contribution in [2.24, 2.45) is 0 Å². The Hall–Kier alpha value is 0.200. The molecule has 0 aromatic rings. The molecule has 5 heteroatoms. The van der Waals surface area contributed by atoms with Crippen LogP contribution < -0.4 is 4.24 Å². The van der Waals surface area contributed by atoms with Gasteiger partial charge in [-0.05, 0) is 11.8 Å². The van der Waals surface area contributed by atoms with E-state index in [-0.39, 0.29) is 0 Å². The van der Waals surface area contributed by atoms with Crippen molar-refractivity contribution in [2.75, 3.05) is 0 Å². The Morgan fingerprint density at radius 2 is 1.80 bits per heavy atom. The van der Waals surface area contributed by atoms with Crippen LogP contribution in [-0.4, -0.2) is 8.42 Å². The van der Waals surface area contributed by atoms with Crippen LogP contribution in [0.25, 0.3) is 0 Å². The summed E-state index contributed by atoms with van der Waals surface area (Å²) in [6.45, 7) is 0. The van der Waals surface area contributed by atoms with E-state index >= 15 is 0 Å². The lowest BCUT2D eigenvalue weighted by molar-refractivity contribution is 0.613. The molecule has 0 aromatic heterocycles. The minimum atomic E-state index is -2.58. The van der Waals surface area contributed by atoms with E-state index in [9.17, 15) is 0 Å². The lowest BCUT2D eigenvalue weighted by Crippen LogP contribution is -1.89. The van der Waals surface area contributed by atoms with E-state index in [1.807, 2.05) is 0 Å². The molecule has 1 N–H and O–H groups in total. The van der Waals surface area contributed by atoms with Crippen LogP contribution >= 0.6 is 11.8 Å². The van der Waals surface area contributed by atoms with Crippen LogP contribution in [-0.2, 0) is 10.9 Å². The molecule has 0 saturated heterocycles. The Morgan fingerprint density at radius 3 is 1.80 bits per heavy atom. The lowest BCUT2D eigenvalue weighted by Gasteiger charge is -1.63. The van der Waals surface area contributed by atoms with Crippen molar-refractivity contribution in [1.29, 1.82) is 0 Å². The molecule has 5 heavy (non-hydrogen) atoms. The zero-order valence-corrected chi connectivity index (χ0v) is 3.79. The maximum absolute atomic E-state index is 9.16. The smallest absolute Gasteiger partial charge is 0.214 e. The molecule has 0 aromatic carbocycles. The summed E-state index contributed by atoms with van der Waals surface area (Å²) in [6, 6.07) is 0. The molecule has 0 rings (SSSR count). The largest absolute Gasteiger partial charge is 0.214 e. The predicted octanol–water partition coefficient (Wildman–Crippen LogP) is -0.744. The van der Waals surface area contributed by atoms with Crippen molar-refractivity contribution in [3.63, 3.8) is 0 Å². The van der Waals surface area contributed by atoms with Crippen LogP contribution in [0.4, 0.5) is 0 Å². The van der Waals surface area contributed by atoms with Crippen LogP contribution in [0.15, 0.2) is 0 Å². The predicted molar refractivity (Wildman–Crippen MR) is 19.3 cm³/mol. The van der Waals surface area contributed by atoms with Crippen molar-refractivity contribution in [3.05, 3.63) is 0 Å². The minimum Gasteiger partial charge on any atom is -0.214 e. The summed E-state index contributed by atoms with van der Waals surface area (Å²) in [6.07, 6.45) is 0. The molecule has 0 saturated carbocycles. The number of hydrogen-bond acceptors (Lipinski definition) is 2. The van der Waals surface area contributed by atoms with E-state index in [0.717, 1.165) is 0 Å². The first-order chi connectivity index (χ1) is 2.27. The fourth-order valence-corrected chi connectivity index (χ4v) is 0. The maximum atomic E-state index is 9.16. The molecule has 0 aliphatic rings. The van der Waals surface area contributed by atoms with Crippen molar-refractivity contribution in [2.45, 2.75) is 0 Å². The van der Waals surface area contributed by atoms with Gasteiger partial charge in [0.05, 0.1) is 0 Å². The van der Waals surface area contributed by atoms with Gasteiger partial charge in [-0.25, -0.2) is 8.42 Å². The minimum absolute atomic E-state index is 1.45. The molecule has 0 atom stereocenters. The van der Waals surface area contributed by atoms with Gasteiger partial charge in [0.2, 0.25) is 10.9 Å². The maximum Gasteiger partial charge on any atom is 0.214 e. The van der Waals surface area contributed by atoms with Gasteiger partial charge in [0.15, 0.2) is 0 Å². The van der Waals surface area contributed by atoms with Gasteiger partial charge in [-0.3, -0.25) is 0 Å². The zero-order chi connectivity index (χ0) is 4.28. The zero-order valence-electron chi connectivity index (χ0n) is 2.14. The third-order valence-electron chi connectivity index (χ3n) is 0.0690. The van der Waals surface area contributed by atoms with Crippen LogP contribution in [0, 0.1) is 0 Å². The molecule has 0 spiro atoms. The average Bonchev–Trinajstić information content (AvgIpc) is 1.38. The first kappa shape index (κ1) is 5.20.